The van der Waals surface area contributed by atoms with Crippen molar-refractivity contribution in [2.75, 3.05) is 13.6 Å². The highest BCUT2D eigenvalue weighted by atomic mass is 35.5. The van der Waals surface area contributed by atoms with Crippen LogP contribution in [0.25, 0.3) is 16.6 Å². The van der Waals surface area contributed by atoms with Crippen molar-refractivity contribution in [3.63, 3.8) is 0 Å². The number of fused-ring (bicyclic) bond motifs is 1. The average Bonchev–Trinajstić information content (AvgIpc) is 3.20. The lowest BCUT2D eigenvalue weighted by Crippen LogP contribution is -2.23. The van der Waals surface area contributed by atoms with Gasteiger partial charge in [0.05, 0.1) is 12.1 Å². The molecule has 4 aromatic rings. The van der Waals surface area contributed by atoms with Gasteiger partial charge in [-0.2, -0.15) is 0 Å². The molecule has 0 fully saturated rings. The lowest BCUT2D eigenvalue weighted by atomic mass is 10.2. The molecule has 0 amide bonds. The fraction of sp³-hybridized carbons (Fsp3) is 0.167. The Labute approximate surface area is 193 Å². The van der Waals surface area contributed by atoms with E-state index in [2.05, 4.69) is 5.32 Å². The Bertz CT molecular complexity index is 1430. The summed E-state index contributed by atoms with van der Waals surface area (Å²) in [5.41, 5.74) is 1.47. The summed E-state index contributed by atoms with van der Waals surface area (Å²) in [5.74, 6) is -1.43. The molecule has 0 unspecified atom stereocenters. The summed E-state index contributed by atoms with van der Waals surface area (Å²) < 4.78 is 35.5. The lowest BCUT2D eigenvalue weighted by Gasteiger charge is -2.15. The van der Waals surface area contributed by atoms with Crippen LogP contribution in [0.2, 0.25) is 5.02 Å². The van der Waals surface area contributed by atoms with E-state index in [-0.39, 0.29) is 35.4 Å². The van der Waals surface area contributed by atoms with E-state index in [4.69, 9.17) is 16.3 Å². The Hall–Kier alpha value is -3.49. The zero-order chi connectivity index (χ0) is 23.7. The normalized spacial score (nSPS) is 11.2. The second-order valence-corrected chi connectivity index (χ2v) is 7.86. The van der Waals surface area contributed by atoms with Gasteiger partial charge >= 0.3 is 0 Å². The molecule has 0 aliphatic rings. The summed E-state index contributed by atoms with van der Waals surface area (Å²) in [5, 5.41) is 3.45. The molecule has 170 valence electrons. The number of rotatable bonds is 6. The molecule has 0 atom stereocenters. The zero-order valence-electron chi connectivity index (χ0n) is 17.9. The predicted octanol–water partition coefficient (Wildman–Crippen LogP) is 4.47. The van der Waals surface area contributed by atoms with E-state index in [9.17, 15) is 18.4 Å². The molecule has 4 rings (SSSR count). The van der Waals surface area contributed by atoms with Gasteiger partial charge in [0.1, 0.15) is 29.0 Å². The van der Waals surface area contributed by atoms with Crippen molar-refractivity contribution in [1.82, 2.24) is 14.5 Å². The van der Waals surface area contributed by atoms with E-state index in [1.807, 2.05) is 0 Å². The molecule has 2 aromatic carbocycles. The van der Waals surface area contributed by atoms with Gasteiger partial charge in [-0.05, 0) is 50.4 Å². The first-order valence-electron chi connectivity index (χ1n) is 10.1. The van der Waals surface area contributed by atoms with Crippen LogP contribution in [0, 0.1) is 18.6 Å². The molecule has 0 bridgehead atoms. The average molecular weight is 472 g/mol. The van der Waals surface area contributed by atoms with Crippen LogP contribution in [0.5, 0.6) is 5.75 Å². The van der Waals surface area contributed by atoms with E-state index < -0.39 is 17.2 Å². The number of halogens is 3. The van der Waals surface area contributed by atoms with Crippen LogP contribution in [-0.4, -0.2) is 28.6 Å². The van der Waals surface area contributed by atoms with Crippen molar-refractivity contribution in [2.45, 2.75) is 13.5 Å². The van der Waals surface area contributed by atoms with Crippen molar-refractivity contribution in [3.8, 4) is 11.4 Å². The number of ether oxygens (including phenoxy) is 1. The number of nitrogens with zero attached hydrogens (tertiary/aromatic N) is 2. The van der Waals surface area contributed by atoms with E-state index in [1.165, 1.54) is 10.6 Å². The predicted molar refractivity (Wildman–Crippen MR) is 123 cm³/mol. The SMILES string of the molecule is CNCC(=O)n1ccc2cc(-n3c(C)cc(OCc4ccc(F)cc4F)c(Cl)c3=O)ccc21. The van der Waals surface area contributed by atoms with Gasteiger partial charge in [0.15, 0.2) is 0 Å². The summed E-state index contributed by atoms with van der Waals surface area (Å²) in [6, 6.07) is 11.8. The number of carbonyl (C=O) groups excluding carboxylic acids is 1. The molecule has 2 heterocycles. The number of aryl methyl sites for hydroxylation is 1. The second-order valence-electron chi connectivity index (χ2n) is 7.48. The van der Waals surface area contributed by atoms with Crippen molar-refractivity contribution in [2.24, 2.45) is 0 Å². The van der Waals surface area contributed by atoms with Gasteiger partial charge < -0.3 is 10.1 Å². The number of likely N-dealkylation sites (N-methyl/N-ethyl adjacent to an activating group) is 1. The van der Waals surface area contributed by atoms with Crippen LogP contribution >= 0.6 is 11.6 Å². The molecule has 33 heavy (non-hydrogen) atoms. The van der Waals surface area contributed by atoms with Crippen molar-refractivity contribution in [3.05, 3.63) is 93.0 Å². The third kappa shape index (κ3) is 4.40. The topological polar surface area (TPSA) is 65.3 Å². The maximum atomic E-state index is 13.9. The van der Waals surface area contributed by atoms with E-state index in [1.54, 1.807) is 55.1 Å². The van der Waals surface area contributed by atoms with Gasteiger partial charge in [-0.25, -0.2) is 8.78 Å². The minimum absolute atomic E-state index is 0.101. The molecular weight excluding hydrogens is 452 g/mol. The number of hydrogen-bond acceptors (Lipinski definition) is 4. The van der Waals surface area contributed by atoms with Crippen molar-refractivity contribution in [1.29, 1.82) is 0 Å². The maximum absolute atomic E-state index is 13.9. The zero-order valence-corrected chi connectivity index (χ0v) is 18.6. The van der Waals surface area contributed by atoms with Crippen LogP contribution in [0.1, 0.15) is 16.1 Å². The Morgan fingerprint density at radius 2 is 1.91 bits per heavy atom. The Kier molecular flexibility index (Phi) is 6.31. The van der Waals surface area contributed by atoms with E-state index in [0.717, 1.165) is 23.0 Å². The molecule has 9 heteroatoms. The van der Waals surface area contributed by atoms with Gasteiger partial charge in [0.25, 0.3) is 5.56 Å². The molecular formula is C24H20ClF2N3O3. The fourth-order valence-electron chi connectivity index (χ4n) is 3.62. The molecule has 0 spiro atoms. The summed E-state index contributed by atoms with van der Waals surface area (Å²) in [6.45, 7) is 1.70. The van der Waals surface area contributed by atoms with Gasteiger partial charge in [0, 0.05) is 40.7 Å². The van der Waals surface area contributed by atoms with Crippen LogP contribution < -0.4 is 15.6 Å². The van der Waals surface area contributed by atoms with Crippen LogP contribution in [0.15, 0.2) is 59.5 Å². The first-order chi connectivity index (χ1) is 15.8. The Balaban J connectivity index is 1.66. The molecule has 0 saturated carbocycles. The number of nitrogens with one attached hydrogen (secondary N) is 1. The quantitative estimate of drug-likeness (QED) is 0.450. The highest BCUT2D eigenvalue weighted by molar-refractivity contribution is 6.31. The second kappa shape index (κ2) is 9.17. The molecule has 0 radical (unpaired) electrons. The molecule has 1 N–H and O–H groups in total. The van der Waals surface area contributed by atoms with E-state index >= 15 is 0 Å². The number of hydrogen-bond donors (Lipinski definition) is 1. The summed E-state index contributed by atoms with van der Waals surface area (Å²) in [7, 11) is 1.70. The number of aromatic nitrogens is 2. The molecule has 0 aliphatic heterocycles. The first-order valence-corrected chi connectivity index (χ1v) is 10.5. The first kappa shape index (κ1) is 22.7. The fourth-order valence-corrected chi connectivity index (χ4v) is 3.82. The van der Waals surface area contributed by atoms with Gasteiger partial charge in [0.2, 0.25) is 5.91 Å². The summed E-state index contributed by atoms with van der Waals surface area (Å²) in [6.07, 6.45) is 1.68. The van der Waals surface area contributed by atoms with E-state index in [0.29, 0.717) is 11.4 Å². The Morgan fingerprint density at radius 1 is 1.12 bits per heavy atom. The maximum Gasteiger partial charge on any atom is 0.277 e. The number of carbonyl (C=O) groups is 1. The molecule has 2 aromatic heterocycles. The largest absolute Gasteiger partial charge is 0.487 e. The van der Waals surface area contributed by atoms with Crippen molar-refractivity contribution < 1.29 is 18.3 Å². The standard InChI is InChI=1S/C24H20ClF2N3O3/c1-14-9-21(33-13-16-3-4-17(26)11-19(16)27)23(25)24(32)30(14)18-5-6-20-15(10-18)7-8-29(20)22(31)12-28-2/h3-11,28H,12-13H2,1-2H3. The summed E-state index contributed by atoms with van der Waals surface area (Å²) in [4.78, 5) is 25.3. The Morgan fingerprint density at radius 3 is 2.64 bits per heavy atom. The van der Waals surface area contributed by atoms with Crippen LogP contribution in [0.3, 0.4) is 0 Å². The monoisotopic (exact) mass is 471 g/mol. The van der Waals surface area contributed by atoms with Crippen LogP contribution in [0.4, 0.5) is 8.78 Å². The third-order valence-electron chi connectivity index (χ3n) is 5.23. The lowest BCUT2D eigenvalue weighted by molar-refractivity contribution is 0.0920. The molecule has 0 aliphatic carbocycles. The number of benzene rings is 2. The van der Waals surface area contributed by atoms with Gasteiger partial charge in [-0.1, -0.05) is 11.6 Å². The third-order valence-corrected chi connectivity index (χ3v) is 5.57. The smallest absolute Gasteiger partial charge is 0.277 e. The van der Waals surface area contributed by atoms with Gasteiger partial charge in [-0.15, -0.1) is 0 Å². The molecule has 6 nitrogen and oxygen atoms in total. The highest BCUT2D eigenvalue weighted by Gasteiger charge is 2.16. The van der Waals surface area contributed by atoms with Gasteiger partial charge in [-0.3, -0.25) is 18.7 Å². The minimum Gasteiger partial charge on any atom is -0.487 e. The minimum atomic E-state index is -0.746. The summed E-state index contributed by atoms with van der Waals surface area (Å²) >= 11 is 6.28. The highest BCUT2D eigenvalue weighted by Crippen LogP contribution is 2.26. The van der Waals surface area contributed by atoms with Crippen LogP contribution in [-0.2, 0) is 6.61 Å². The molecule has 0 saturated heterocycles. The number of pyridine rings is 1. The van der Waals surface area contributed by atoms with Crippen molar-refractivity contribution >= 4 is 28.4 Å².